The van der Waals surface area contributed by atoms with Crippen LogP contribution < -0.4 is 0 Å². The topological polar surface area (TPSA) is 33.2 Å². The third kappa shape index (κ3) is 3.59. The Morgan fingerprint density at radius 1 is 1.45 bits per heavy atom. The summed E-state index contributed by atoms with van der Waals surface area (Å²) in [7, 11) is 0. The van der Waals surface area contributed by atoms with Crippen LogP contribution in [0.5, 0.6) is 0 Å². The van der Waals surface area contributed by atoms with Crippen LogP contribution in [0.4, 0.5) is 0 Å². The summed E-state index contributed by atoms with van der Waals surface area (Å²) in [5.41, 5.74) is 1.23. The molecule has 1 saturated heterocycles. The van der Waals surface area contributed by atoms with Crippen molar-refractivity contribution in [3.8, 4) is 0 Å². The summed E-state index contributed by atoms with van der Waals surface area (Å²) in [5, 5.41) is 0. The number of carbonyl (C=O) groups excluding carboxylic acids is 1. The van der Waals surface area contributed by atoms with E-state index in [-0.39, 0.29) is 5.54 Å². The molecule has 2 heterocycles. The van der Waals surface area contributed by atoms with E-state index >= 15 is 0 Å². The fourth-order valence-electron chi connectivity index (χ4n) is 3.11. The third-order valence-corrected chi connectivity index (χ3v) is 4.28. The maximum atomic E-state index is 12.3. The van der Waals surface area contributed by atoms with Crippen molar-refractivity contribution in [2.45, 2.75) is 58.4 Å². The highest BCUT2D eigenvalue weighted by Gasteiger charge is 2.33. The normalized spacial score (nSPS) is 21.9. The molecule has 2 atom stereocenters. The maximum absolute atomic E-state index is 12.3. The number of aromatic nitrogens is 1. The highest BCUT2D eigenvalue weighted by atomic mass is 16.2. The Kier molecular flexibility index (Phi) is 4.46. The van der Waals surface area contributed by atoms with E-state index in [1.807, 2.05) is 23.4 Å². The van der Waals surface area contributed by atoms with E-state index in [1.54, 1.807) is 0 Å². The Hall–Kier alpha value is -1.38. The number of hydrogen-bond donors (Lipinski definition) is 0. The number of amides is 1. The lowest BCUT2D eigenvalue weighted by Crippen LogP contribution is -2.49. The van der Waals surface area contributed by atoms with Crippen LogP contribution in [-0.2, 0) is 4.79 Å². The minimum absolute atomic E-state index is 0.0446. The molecular formula is C17H26N2O. The highest BCUT2D eigenvalue weighted by molar-refractivity contribution is 5.78. The number of pyridine rings is 1. The van der Waals surface area contributed by atoms with Crippen molar-refractivity contribution in [2.24, 2.45) is 5.92 Å². The minimum atomic E-state index is -0.0446. The molecule has 1 fully saturated rings. The van der Waals surface area contributed by atoms with Crippen molar-refractivity contribution < 1.29 is 4.79 Å². The molecule has 0 spiro atoms. The summed E-state index contributed by atoms with van der Waals surface area (Å²) in [6.07, 6.45) is 6.64. The van der Waals surface area contributed by atoms with Crippen LogP contribution in [0.3, 0.4) is 0 Å². The number of piperidine rings is 1. The predicted octanol–water partition coefficient (Wildman–Crippen LogP) is 3.61. The Balaban J connectivity index is 1.92. The molecule has 1 aromatic rings. The second kappa shape index (κ2) is 5.94. The lowest BCUT2D eigenvalue weighted by atomic mass is 9.84. The Morgan fingerprint density at radius 3 is 2.75 bits per heavy atom. The zero-order chi connectivity index (χ0) is 14.8. The second-order valence-corrected chi connectivity index (χ2v) is 7.00. The largest absolute Gasteiger partial charge is 0.338 e. The zero-order valence-corrected chi connectivity index (χ0v) is 13.1. The first-order valence-electron chi connectivity index (χ1n) is 7.58. The van der Waals surface area contributed by atoms with Gasteiger partial charge in [0.15, 0.2) is 0 Å². The lowest BCUT2D eigenvalue weighted by Gasteiger charge is -2.41. The van der Waals surface area contributed by atoms with Gasteiger partial charge in [-0.3, -0.25) is 9.78 Å². The van der Waals surface area contributed by atoms with Gasteiger partial charge in [-0.15, -0.1) is 0 Å². The van der Waals surface area contributed by atoms with Gasteiger partial charge >= 0.3 is 0 Å². The highest BCUT2D eigenvalue weighted by Crippen LogP contribution is 2.32. The average Bonchev–Trinajstić information content (AvgIpc) is 2.38. The smallest absolute Gasteiger partial charge is 0.223 e. The monoisotopic (exact) mass is 274 g/mol. The number of likely N-dealkylation sites (tertiary alicyclic amines) is 1. The Labute approximate surface area is 122 Å². The molecule has 1 aliphatic heterocycles. The molecule has 110 valence electrons. The second-order valence-electron chi connectivity index (χ2n) is 7.00. The first-order chi connectivity index (χ1) is 9.38. The van der Waals surface area contributed by atoms with E-state index in [9.17, 15) is 4.79 Å². The van der Waals surface area contributed by atoms with Gasteiger partial charge < -0.3 is 4.90 Å². The maximum Gasteiger partial charge on any atom is 0.223 e. The van der Waals surface area contributed by atoms with Crippen LogP contribution in [0.2, 0.25) is 0 Å². The molecule has 3 heteroatoms. The molecule has 0 radical (unpaired) electrons. The number of nitrogens with zero attached hydrogens (tertiary/aromatic N) is 2. The van der Waals surface area contributed by atoms with Crippen LogP contribution in [0.15, 0.2) is 24.5 Å². The van der Waals surface area contributed by atoms with Crippen molar-refractivity contribution in [3.63, 3.8) is 0 Å². The third-order valence-electron chi connectivity index (χ3n) is 4.28. The van der Waals surface area contributed by atoms with Gasteiger partial charge in [-0.25, -0.2) is 0 Å². The van der Waals surface area contributed by atoms with E-state index < -0.39 is 0 Å². The van der Waals surface area contributed by atoms with Gasteiger partial charge in [-0.1, -0.05) is 13.0 Å². The molecule has 0 saturated carbocycles. The molecule has 0 aliphatic carbocycles. The molecule has 2 rings (SSSR count). The number of rotatable bonds is 3. The Morgan fingerprint density at radius 2 is 2.20 bits per heavy atom. The van der Waals surface area contributed by atoms with E-state index in [1.165, 1.54) is 5.56 Å². The summed E-state index contributed by atoms with van der Waals surface area (Å²) >= 11 is 0. The minimum Gasteiger partial charge on any atom is -0.338 e. The lowest BCUT2D eigenvalue weighted by molar-refractivity contribution is -0.140. The number of carbonyl (C=O) groups is 1. The number of hydrogen-bond acceptors (Lipinski definition) is 2. The standard InChI is InChI=1S/C17H26N2O/c1-13(15-6-5-8-18-12-15)10-14-7-9-19(16(20)11-14)17(2,3)4/h5-6,8,12-14H,7,9-11H2,1-4H3. The van der Waals surface area contributed by atoms with E-state index in [4.69, 9.17) is 0 Å². The van der Waals surface area contributed by atoms with Gasteiger partial charge in [0.05, 0.1) is 0 Å². The fourth-order valence-corrected chi connectivity index (χ4v) is 3.11. The average molecular weight is 274 g/mol. The van der Waals surface area contributed by atoms with Crippen LogP contribution in [0.1, 0.15) is 58.4 Å². The first-order valence-corrected chi connectivity index (χ1v) is 7.58. The molecule has 0 N–H and O–H groups in total. The molecule has 1 aromatic heterocycles. The predicted molar refractivity (Wildman–Crippen MR) is 81.5 cm³/mol. The van der Waals surface area contributed by atoms with Crippen LogP contribution >= 0.6 is 0 Å². The molecule has 3 nitrogen and oxygen atoms in total. The molecule has 20 heavy (non-hydrogen) atoms. The van der Waals surface area contributed by atoms with Gasteiger partial charge in [-0.05, 0) is 57.1 Å². The molecular weight excluding hydrogens is 248 g/mol. The quantitative estimate of drug-likeness (QED) is 0.843. The molecule has 1 aliphatic rings. The van der Waals surface area contributed by atoms with E-state index in [2.05, 4.69) is 38.7 Å². The van der Waals surface area contributed by atoms with Gasteiger partial charge in [0.1, 0.15) is 0 Å². The van der Waals surface area contributed by atoms with Crippen molar-refractivity contribution >= 4 is 5.91 Å². The summed E-state index contributed by atoms with van der Waals surface area (Å²) in [6.45, 7) is 9.47. The summed E-state index contributed by atoms with van der Waals surface area (Å²) in [6, 6.07) is 4.11. The van der Waals surface area contributed by atoms with Gasteiger partial charge in [0.25, 0.3) is 0 Å². The fraction of sp³-hybridized carbons (Fsp3) is 0.647. The van der Waals surface area contributed by atoms with Gasteiger partial charge in [0, 0.05) is 30.9 Å². The van der Waals surface area contributed by atoms with Crippen molar-refractivity contribution in [3.05, 3.63) is 30.1 Å². The van der Waals surface area contributed by atoms with E-state index in [0.717, 1.165) is 19.4 Å². The Bertz CT molecular complexity index is 450. The summed E-state index contributed by atoms with van der Waals surface area (Å²) < 4.78 is 0. The van der Waals surface area contributed by atoms with Crippen molar-refractivity contribution in [2.75, 3.05) is 6.54 Å². The molecule has 0 aromatic carbocycles. The summed E-state index contributed by atoms with van der Waals surface area (Å²) in [4.78, 5) is 18.5. The molecule has 0 bridgehead atoms. The molecule has 1 amide bonds. The first kappa shape index (κ1) is 15.0. The van der Waals surface area contributed by atoms with Crippen molar-refractivity contribution in [1.82, 2.24) is 9.88 Å². The van der Waals surface area contributed by atoms with Gasteiger partial charge in [-0.2, -0.15) is 0 Å². The van der Waals surface area contributed by atoms with Crippen molar-refractivity contribution in [1.29, 1.82) is 0 Å². The molecule has 2 unspecified atom stereocenters. The van der Waals surface area contributed by atoms with E-state index in [0.29, 0.717) is 24.2 Å². The van der Waals surface area contributed by atoms with Crippen LogP contribution in [0, 0.1) is 5.92 Å². The summed E-state index contributed by atoms with van der Waals surface area (Å²) in [5.74, 6) is 1.30. The van der Waals surface area contributed by atoms with Crippen LogP contribution in [0.25, 0.3) is 0 Å². The van der Waals surface area contributed by atoms with Gasteiger partial charge in [0.2, 0.25) is 5.91 Å². The zero-order valence-electron chi connectivity index (χ0n) is 13.1. The SMILES string of the molecule is CC(CC1CCN(C(C)(C)C)C(=O)C1)c1cccnc1. The van der Waals surface area contributed by atoms with Crippen LogP contribution in [-0.4, -0.2) is 27.9 Å².